The van der Waals surface area contributed by atoms with Crippen LogP contribution in [0.2, 0.25) is 0 Å². The van der Waals surface area contributed by atoms with Crippen molar-refractivity contribution < 1.29 is 32.3 Å². The number of rotatable bonds is 13. The Morgan fingerprint density at radius 3 is 2.33 bits per heavy atom. The van der Waals surface area contributed by atoms with Crippen LogP contribution in [0.4, 0.5) is 13.2 Å². The summed E-state index contributed by atoms with van der Waals surface area (Å²) in [7, 11) is 1.53. The topological polar surface area (TPSA) is 138 Å². The smallest absolute Gasteiger partial charge is 0.418 e. The molecule has 3 amide bonds. The second-order valence-electron chi connectivity index (χ2n) is 12.8. The molecule has 2 aromatic carbocycles. The van der Waals surface area contributed by atoms with Gasteiger partial charge in [0.25, 0.3) is 0 Å². The number of nitrogens with two attached hydrogens (primary N) is 1. The van der Waals surface area contributed by atoms with E-state index in [2.05, 4.69) is 20.9 Å². The van der Waals surface area contributed by atoms with Gasteiger partial charge in [-0.25, -0.2) is 0 Å². The zero-order chi connectivity index (χ0) is 35.4. The molecule has 260 valence electrons. The first-order valence-electron chi connectivity index (χ1n) is 16.2. The zero-order valence-electron chi connectivity index (χ0n) is 27.8. The third kappa shape index (κ3) is 7.94. The molecule has 1 aliphatic carbocycles. The molecule has 4 rings (SSSR count). The average Bonchev–Trinajstić information content (AvgIpc) is 3.42. The number of amides is 3. The van der Waals surface area contributed by atoms with Gasteiger partial charge >= 0.3 is 6.18 Å². The maximum atomic E-state index is 14.3. The van der Waals surface area contributed by atoms with Gasteiger partial charge in [-0.2, -0.15) is 13.2 Å². The summed E-state index contributed by atoms with van der Waals surface area (Å²) in [5, 5.41) is 9.10. The Labute approximate surface area is 283 Å². The lowest BCUT2D eigenvalue weighted by Crippen LogP contribution is -2.67. The lowest BCUT2D eigenvalue weighted by molar-refractivity contribution is -0.137. The number of carbonyl (C=O) groups is 3. The number of hydrogen-bond acceptors (Lipinski definition) is 5. The minimum absolute atomic E-state index is 0.00614. The molecule has 3 aromatic rings. The fraction of sp³-hybridized carbons (Fsp3) is 0.486. The number of para-hydroxylation sites is 1. The van der Waals surface area contributed by atoms with Crippen LogP contribution in [0.3, 0.4) is 0 Å². The van der Waals surface area contributed by atoms with E-state index in [4.69, 9.17) is 22.7 Å². The maximum Gasteiger partial charge on any atom is 0.418 e. The molecule has 0 saturated heterocycles. The summed E-state index contributed by atoms with van der Waals surface area (Å²) in [6, 6.07) is 9.28. The molecule has 1 heterocycles. The van der Waals surface area contributed by atoms with E-state index in [0.29, 0.717) is 40.8 Å². The highest BCUT2D eigenvalue weighted by atomic mass is 32.1. The van der Waals surface area contributed by atoms with Crippen molar-refractivity contribution in [2.24, 2.45) is 17.6 Å². The number of aromatic amines is 1. The molecule has 6 N–H and O–H groups in total. The number of alkyl halides is 3. The second-order valence-corrected chi connectivity index (χ2v) is 13.2. The Bertz CT molecular complexity index is 1680. The molecule has 2 unspecified atom stereocenters. The summed E-state index contributed by atoms with van der Waals surface area (Å²) in [4.78, 5) is 44.8. The van der Waals surface area contributed by atoms with Gasteiger partial charge in [0.05, 0.1) is 35.6 Å². The number of aromatic nitrogens is 1. The van der Waals surface area contributed by atoms with E-state index in [9.17, 15) is 27.6 Å². The van der Waals surface area contributed by atoms with E-state index in [-0.39, 0.29) is 48.0 Å². The fourth-order valence-corrected chi connectivity index (χ4v) is 6.57. The first-order chi connectivity index (χ1) is 22.6. The van der Waals surface area contributed by atoms with E-state index < -0.39 is 47.1 Å². The van der Waals surface area contributed by atoms with E-state index in [1.165, 1.54) is 13.2 Å². The van der Waals surface area contributed by atoms with Crippen molar-refractivity contribution in [3.8, 4) is 5.75 Å². The van der Waals surface area contributed by atoms with Crippen molar-refractivity contribution in [2.45, 2.75) is 90.0 Å². The molecule has 0 bridgehead atoms. The van der Waals surface area contributed by atoms with Gasteiger partial charge in [0.1, 0.15) is 17.3 Å². The van der Waals surface area contributed by atoms with Gasteiger partial charge in [-0.05, 0) is 54.0 Å². The molecule has 0 saturated carbocycles. The minimum Gasteiger partial charge on any atom is -0.497 e. The molecule has 0 fully saturated rings. The number of benzene rings is 2. The monoisotopic (exact) mass is 687 g/mol. The molecule has 9 nitrogen and oxygen atoms in total. The van der Waals surface area contributed by atoms with Gasteiger partial charge in [0.15, 0.2) is 0 Å². The van der Waals surface area contributed by atoms with Crippen LogP contribution in [0.25, 0.3) is 10.9 Å². The predicted molar refractivity (Wildman–Crippen MR) is 182 cm³/mol. The number of H-pyrrole nitrogens is 1. The molecular weight excluding hydrogens is 643 g/mol. The van der Waals surface area contributed by atoms with E-state index in [1.807, 2.05) is 27.7 Å². The van der Waals surface area contributed by atoms with Gasteiger partial charge in [-0.1, -0.05) is 77.0 Å². The Morgan fingerprint density at radius 1 is 1.04 bits per heavy atom. The molecule has 13 heteroatoms. The third-order valence-corrected chi connectivity index (χ3v) is 9.78. The highest BCUT2D eigenvalue weighted by molar-refractivity contribution is 7.80. The van der Waals surface area contributed by atoms with Crippen molar-refractivity contribution in [3.05, 3.63) is 64.8 Å². The highest BCUT2D eigenvalue weighted by Crippen LogP contribution is 2.40. The van der Waals surface area contributed by atoms with Gasteiger partial charge in [0.2, 0.25) is 17.7 Å². The predicted octanol–water partition coefficient (Wildman–Crippen LogP) is 5.13. The van der Waals surface area contributed by atoms with Crippen molar-refractivity contribution in [2.75, 3.05) is 7.11 Å². The standard InChI is InChI=1S/C35H44F3N5O4S/c1-6-19(3)28(31(39)48)42-33(46)34(15-14-26-24(18-34)23-12-9-13-25(30(23)40-26)35(36,37)38)43-32(45)29(20(4)7-2)41-27(44)17-21-10-8-11-22(16-21)47-5/h8-13,16,19-20,28-29,40H,6-7,14-15,17-18H2,1-5H3,(H2,39,48)(H,41,44)(H,42,46)(H,43,45)/t19?,20?,28-,29-,34+/m0/s1. The van der Waals surface area contributed by atoms with Crippen LogP contribution in [-0.4, -0.2) is 52.4 Å². The van der Waals surface area contributed by atoms with Gasteiger partial charge in [0, 0.05) is 17.5 Å². The summed E-state index contributed by atoms with van der Waals surface area (Å²) in [5.74, 6) is -1.36. The quantitative estimate of drug-likeness (QED) is 0.158. The molecule has 0 aliphatic heterocycles. The lowest BCUT2D eigenvalue weighted by Gasteiger charge is -2.40. The van der Waals surface area contributed by atoms with E-state index in [1.54, 1.807) is 30.3 Å². The first kappa shape index (κ1) is 36.7. The number of carbonyl (C=O) groups excluding carboxylic acids is 3. The lowest BCUT2D eigenvalue weighted by atomic mass is 9.78. The summed E-state index contributed by atoms with van der Waals surface area (Å²) < 4.78 is 47.1. The van der Waals surface area contributed by atoms with Gasteiger partial charge < -0.3 is 31.4 Å². The molecule has 48 heavy (non-hydrogen) atoms. The number of hydrogen-bond donors (Lipinski definition) is 5. The van der Waals surface area contributed by atoms with E-state index in [0.717, 1.165) is 6.07 Å². The zero-order valence-corrected chi connectivity index (χ0v) is 28.7. The molecule has 0 radical (unpaired) electrons. The Balaban J connectivity index is 1.71. The number of methoxy groups -OCH3 is 1. The van der Waals surface area contributed by atoms with Crippen LogP contribution < -0.4 is 26.4 Å². The Kier molecular flexibility index (Phi) is 11.4. The number of thiocarbonyl (C=S) groups is 1. The van der Waals surface area contributed by atoms with Crippen molar-refractivity contribution >= 4 is 45.8 Å². The SMILES string of the molecule is CCC(C)[C@H](NC(=O)Cc1cccc(OC)c1)C(=O)N[C@]1(C(=O)N[C@H](C(N)=S)C(C)CC)CCc2[nH]c3c(C(F)(F)F)cccc3c2C1. The summed E-state index contributed by atoms with van der Waals surface area (Å²) >= 11 is 5.28. The normalized spacial score (nSPS) is 18.6. The van der Waals surface area contributed by atoms with Crippen molar-refractivity contribution in [3.63, 3.8) is 0 Å². The number of ether oxygens (including phenoxy) is 1. The average molecular weight is 688 g/mol. The summed E-state index contributed by atoms with van der Waals surface area (Å²) in [6.07, 6.45) is -3.22. The largest absolute Gasteiger partial charge is 0.497 e. The molecule has 1 aliphatic rings. The molecule has 1 aromatic heterocycles. The maximum absolute atomic E-state index is 14.3. The first-order valence-corrected chi connectivity index (χ1v) is 16.6. The Morgan fingerprint density at radius 2 is 1.71 bits per heavy atom. The van der Waals surface area contributed by atoms with Crippen LogP contribution in [0.1, 0.15) is 69.3 Å². The van der Waals surface area contributed by atoms with Crippen LogP contribution in [-0.2, 0) is 39.8 Å². The number of fused-ring (bicyclic) bond motifs is 3. The minimum atomic E-state index is -4.59. The Hall–Kier alpha value is -4.13. The van der Waals surface area contributed by atoms with Crippen molar-refractivity contribution in [1.82, 2.24) is 20.9 Å². The van der Waals surface area contributed by atoms with E-state index >= 15 is 0 Å². The number of halogens is 3. The summed E-state index contributed by atoms with van der Waals surface area (Å²) in [6.45, 7) is 7.54. The number of aryl methyl sites for hydroxylation is 1. The van der Waals surface area contributed by atoms with Crippen LogP contribution >= 0.6 is 12.2 Å². The molecule has 5 atom stereocenters. The second kappa shape index (κ2) is 15.0. The van der Waals surface area contributed by atoms with Crippen LogP contribution in [0, 0.1) is 11.8 Å². The molecular formula is C35H44F3N5O4S. The number of nitrogens with one attached hydrogen (secondary N) is 4. The van der Waals surface area contributed by atoms with Gasteiger partial charge in [-0.15, -0.1) is 0 Å². The van der Waals surface area contributed by atoms with Crippen LogP contribution in [0.5, 0.6) is 5.75 Å². The van der Waals surface area contributed by atoms with Crippen molar-refractivity contribution in [1.29, 1.82) is 0 Å². The van der Waals surface area contributed by atoms with Gasteiger partial charge in [-0.3, -0.25) is 14.4 Å². The third-order valence-electron chi connectivity index (χ3n) is 9.53. The highest BCUT2D eigenvalue weighted by Gasteiger charge is 2.47. The van der Waals surface area contributed by atoms with Crippen LogP contribution in [0.15, 0.2) is 42.5 Å². The molecule has 0 spiro atoms. The summed E-state index contributed by atoms with van der Waals surface area (Å²) in [5.41, 5.74) is 5.34. The fourth-order valence-electron chi connectivity index (χ4n) is 6.28.